The Morgan fingerprint density at radius 1 is 1.03 bits per heavy atom. The molecule has 1 amide bonds. The lowest BCUT2D eigenvalue weighted by Gasteiger charge is -2.32. The molecule has 2 aromatic rings. The molecule has 0 saturated heterocycles. The van der Waals surface area contributed by atoms with Crippen molar-refractivity contribution in [2.24, 2.45) is 7.05 Å². The minimum absolute atomic E-state index is 0.0119. The molecule has 0 aliphatic carbocycles. The van der Waals surface area contributed by atoms with Gasteiger partial charge in [0.2, 0.25) is 5.91 Å². The molecule has 16 heteroatoms. The predicted octanol–water partition coefficient (Wildman–Crippen LogP) is 2.89. The third kappa shape index (κ3) is 11.7. The third-order valence-corrected chi connectivity index (χ3v) is 5.08. The van der Waals surface area contributed by atoms with Crippen LogP contribution < -0.4 is 0 Å². The summed E-state index contributed by atoms with van der Waals surface area (Å²) in [6, 6.07) is 10.5. The first-order valence-corrected chi connectivity index (χ1v) is 11.1. The number of carboxylic acid groups (broad SMARTS) is 2. The van der Waals surface area contributed by atoms with Crippen LogP contribution in [0.15, 0.2) is 36.7 Å². The highest BCUT2D eigenvalue weighted by Crippen LogP contribution is 2.28. The van der Waals surface area contributed by atoms with Gasteiger partial charge in [-0.3, -0.25) is 9.69 Å². The van der Waals surface area contributed by atoms with Gasteiger partial charge in [-0.25, -0.2) is 14.6 Å². The molecule has 0 spiro atoms. The number of carboxylic acids is 2. The van der Waals surface area contributed by atoms with E-state index in [4.69, 9.17) is 24.5 Å². The number of carbonyl (C=O) groups is 3. The second-order valence-corrected chi connectivity index (χ2v) is 8.45. The number of imidazole rings is 1. The summed E-state index contributed by atoms with van der Waals surface area (Å²) >= 11 is 0. The zero-order valence-electron chi connectivity index (χ0n) is 21.2. The SMILES string of the molecule is CN(C)C(=O)COCC1CN(Cc2ccccc2)Cc2ncn(C)c21.O=C(O)C(F)(F)F.O=C(O)C(F)(F)F. The lowest BCUT2D eigenvalue weighted by molar-refractivity contribution is -0.193. The van der Waals surface area contributed by atoms with Crippen molar-refractivity contribution in [2.75, 3.05) is 33.9 Å². The fourth-order valence-electron chi connectivity index (χ4n) is 3.32. The molecule has 39 heavy (non-hydrogen) atoms. The largest absolute Gasteiger partial charge is 0.490 e. The highest BCUT2D eigenvalue weighted by molar-refractivity contribution is 5.76. The normalized spacial score (nSPS) is 15.2. The van der Waals surface area contributed by atoms with Gasteiger partial charge in [-0.1, -0.05) is 30.3 Å². The molecular formula is C23H28F6N4O6. The molecule has 0 radical (unpaired) electrons. The predicted molar refractivity (Wildman–Crippen MR) is 123 cm³/mol. The van der Waals surface area contributed by atoms with Crippen LogP contribution in [0.5, 0.6) is 0 Å². The van der Waals surface area contributed by atoms with Crippen molar-refractivity contribution in [1.82, 2.24) is 19.4 Å². The standard InChI is InChI=1S/C19H26N4O2.2C2HF3O2/c1-21(2)18(24)13-25-12-16-10-23(9-15-7-5-4-6-8-15)11-17-19(16)22(3)14-20-17;2*3-2(4,5)1(6)7/h4-8,14,16H,9-13H2,1-3H3;2*(H,6,7). The first-order chi connectivity index (χ1) is 17.9. The number of aliphatic carboxylic acids is 2. The number of ether oxygens (including phenoxy) is 1. The minimum Gasteiger partial charge on any atom is -0.475 e. The van der Waals surface area contributed by atoms with Crippen LogP contribution in [-0.2, 0) is 39.3 Å². The molecule has 1 atom stereocenters. The summed E-state index contributed by atoms with van der Waals surface area (Å²) < 4.78 is 71.3. The highest BCUT2D eigenvalue weighted by Gasteiger charge is 2.39. The van der Waals surface area contributed by atoms with Crippen molar-refractivity contribution in [2.45, 2.75) is 31.4 Å². The maximum absolute atomic E-state index is 11.7. The van der Waals surface area contributed by atoms with Gasteiger partial charge in [0.1, 0.15) is 6.61 Å². The number of hydrogen-bond donors (Lipinski definition) is 2. The zero-order valence-corrected chi connectivity index (χ0v) is 21.2. The van der Waals surface area contributed by atoms with E-state index in [-0.39, 0.29) is 18.4 Å². The monoisotopic (exact) mass is 570 g/mol. The number of halogens is 6. The average Bonchev–Trinajstić information content (AvgIpc) is 3.19. The van der Waals surface area contributed by atoms with Gasteiger partial charge in [0.25, 0.3) is 0 Å². The summed E-state index contributed by atoms with van der Waals surface area (Å²) in [5.41, 5.74) is 3.63. The minimum atomic E-state index is -5.08. The number of rotatable bonds is 6. The maximum atomic E-state index is 11.7. The number of likely N-dealkylation sites (N-methyl/N-ethyl adjacent to an activating group) is 1. The number of fused-ring (bicyclic) bond motifs is 1. The first kappa shape index (κ1) is 33.4. The number of aryl methyl sites for hydroxylation is 1. The van der Waals surface area contributed by atoms with Crippen LogP contribution in [0.4, 0.5) is 26.3 Å². The van der Waals surface area contributed by atoms with Gasteiger partial charge in [-0.15, -0.1) is 0 Å². The second kappa shape index (κ2) is 14.5. The smallest absolute Gasteiger partial charge is 0.475 e. The lowest BCUT2D eigenvalue weighted by atomic mass is 9.98. The average molecular weight is 570 g/mol. The van der Waals surface area contributed by atoms with Crippen LogP contribution in [0, 0.1) is 0 Å². The van der Waals surface area contributed by atoms with E-state index in [0.717, 1.165) is 25.3 Å². The number of amides is 1. The number of aromatic nitrogens is 2. The van der Waals surface area contributed by atoms with Crippen molar-refractivity contribution in [1.29, 1.82) is 0 Å². The molecule has 1 aromatic heterocycles. The molecule has 0 fully saturated rings. The van der Waals surface area contributed by atoms with Crippen LogP contribution >= 0.6 is 0 Å². The van der Waals surface area contributed by atoms with Crippen LogP contribution in [0.2, 0.25) is 0 Å². The molecule has 2 heterocycles. The van der Waals surface area contributed by atoms with Crippen molar-refractivity contribution < 1.29 is 55.7 Å². The quantitative estimate of drug-likeness (QED) is 0.508. The van der Waals surface area contributed by atoms with Crippen molar-refractivity contribution in [3.63, 3.8) is 0 Å². The second-order valence-electron chi connectivity index (χ2n) is 8.45. The summed E-state index contributed by atoms with van der Waals surface area (Å²) in [5, 5.41) is 14.2. The molecule has 0 saturated carbocycles. The summed E-state index contributed by atoms with van der Waals surface area (Å²) in [4.78, 5) is 38.0. The van der Waals surface area contributed by atoms with Crippen LogP contribution in [0.3, 0.4) is 0 Å². The molecule has 218 valence electrons. The van der Waals surface area contributed by atoms with E-state index < -0.39 is 24.3 Å². The van der Waals surface area contributed by atoms with E-state index in [2.05, 4.69) is 38.7 Å². The molecule has 1 aromatic carbocycles. The van der Waals surface area contributed by atoms with Crippen LogP contribution in [-0.4, -0.2) is 93.6 Å². The summed E-state index contributed by atoms with van der Waals surface area (Å²) in [6.45, 7) is 3.28. The van der Waals surface area contributed by atoms with Crippen molar-refractivity contribution in [3.8, 4) is 0 Å². The Kier molecular flexibility index (Phi) is 12.4. The lowest BCUT2D eigenvalue weighted by Crippen LogP contribution is -2.36. The Labute approximate surface area is 219 Å². The molecule has 1 aliphatic heterocycles. The molecule has 10 nitrogen and oxygen atoms in total. The van der Waals surface area contributed by atoms with Crippen molar-refractivity contribution >= 4 is 17.8 Å². The van der Waals surface area contributed by atoms with Crippen LogP contribution in [0.25, 0.3) is 0 Å². The van der Waals surface area contributed by atoms with Crippen LogP contribution in [0.1, 0.15) is 22.9 Å². The number of hydrogen-bond acceptors (Lipinski definition) is 6. The molecule has 3 rings (SSSR count). The van der Waals surface area contributed by atoms with E-state index in [9.17, 15) is 31.1 Å². The van der Waals surface area contributed by atoms with E-state index in [0.29, 0.717) is 6.61 Å². The zero-order chi connectivity index (χ0) is 30.0. The molecule has 2 N–H and O–H groups in total. The summed E-state index contributed by atoms with van der Waals surface area (Å²) in [7, 11) is 5.51. The molecule has 1 aliphatic rings. The van der Waals surface area contributed by atoms with Gasteiger partial charge in [0.15, 0.2) is 0 Å². The van der Waals surface area contributed by atoms with Gasteiger partial charge in [0, 0.05) is 52.4 Å². The first-order valence-electron chi connectivity index (χ1n) is 11.1. The molecule has 0 bridgehead atoms. The third-order valence-electron chi connectivity index (χ3n) is 5.08. The highest BCUT2D eigenvalue weighted by atomic mass is 19.4. The molecular weight excluding hydrogens is 542 g/mol. The summed E-state index contributed by atoms with van der Waals surface area (Å²) in [6.07, 6.45) is -8.30. The van der Waals surface area contributed by atoms with Gasteiger partial charge < -0.3 is 24.4 Å². The Morgan fingerprint density at radius 2 is 1.54 bits per heavy atom. The number of alkyl halides is 6. The molecule has 1 unspecified atom stereocenters. The Hall–Kier alpha value is -3.66. The number of benzene rings is 1. The van der Waals surface area contributed by atoms with Gasteiger partial charge in [-0.05, 0) is 5.56 Å². The number of nitrogens with zero attached hydrogens (tertiary/aromatic N) is 4. The van der Waals surface area contributed by atoms with Gasteiger partial charge in [-0.2, -0.15) is 26.3 Å². The van der Waals surface area contributed by atoms with E-state index in [1.807, 2.05) is 19.4 Å². The fraction of sp³-hybridized carbons (Fsp3) is 0.478. The number of carbonyl (C=O) groups excluding carboxylic acids is 1. The Morgan fingerprint density at radius 3 is 2.00 bits per heavy atom. The fourth-order valence-corrected chi connectivity index (χ4v) is 3.32. The Bertz CT molecular complexity index is 1070. The summed E-state index contributed by atoms with van der Waals surface area (Å²) in [5.74, 6) is -5.31. The van der Waals surface area contributed by atoms with E-state index >= 15 is 0 Å². The van der Waals surface area contributed by atoms with Crippen molar-refractivity contribution in [3.05, 3.63) is 53.6 Å². The maximum Gasteiger partial charge on any atom is 0.490 e. The van der Waals surface area contributed by atoms with Gasteiger partial charge in [0.05, 0.1) is 18.6 Å². The van der Waals surface area contributed by atoms with E-state index in [1.165, 1.54) is 11.3 Å². The Balaban J connectivity index is 0.000000449. The van der Waals surface area contributed by atoms with E-state index in [1.54, 1.807) is 19.0 Å². The van der Waals surface area contributed by atoms with Gasteiger partial charge >= 0.3 is 24.3 Å². The topological polar surface area (TPSA) is 125 Å².